The van der Waals surface area contributed by atoms with Gasteiger partial charge in [-0.3, -0.25) is 9.69 Å². The Labute approximate surface area is 152 Å². The van der Waals surface area contributed by atoms with E-state index in [4.69, 9.17) is 4.74 Å². The van der Waals surface area contributed by atoms with Gasteiger partial charge in [0.25, 0.3) is 0 Å². The summed E-state index contributed by atoms with van der Waals surface area (Å²) < 4.78 is 6.61. The monoisotopic (exact) mass is 405 g/mol. The van der Waals surface area contributed by atoms with E-state index in [1.807, 2.05) is 24.3 Å². The van der Waals surface area contributed by atoms with Gasteiger partial charge >= 0.3 is 0 Å². The quantitative estimate of drug-likeness (QED) is 0.649. The van der Waals surface area contributed by atoms with Gasteiger partial charge in [-0.2, -0.15) is 0 Å². The zero-order valence-electron chi connectivity index (χ0n) is 13.2. The number of benzene rings is 1. The largest absolute Gasteiger partial charge is 0.494 e. The van der Waals surface area contributed by atoms with Crippen LogP contribution in [0.4, 0.5) is 0 Å². The van der Waals surface area contributed by atoms with Gasteiger partial charge in [0.1, 0.15) is 5.75 Å². The number of carbonyl (C=O) groups excluding carboxylic acids is 1. The SMILES string of the molecule is Cl.O=C(CCCOc1cccc(Br)c1)NCCN1CCNCC1. The van der Waals surface area contributed by atoms with Crippen LogP contribution in [-0.4, -0.2) is 56.7 Å². The molecule has 2 N–H and O–H groups in total. The lowest BCUT2D eigenvalue weighted by Crippen LogP contribution is -2.46. The lowest BCUT2D eigenvalue weighted by molar-refractivity contribution is -0.121. The van der Waals surface area contributed by atoms with Gasteiger partial charge < -0.3 is 15.4 Å². The second-order valence-corrected chi connectivity index (χ2v) is 6.27. The maximum Gasteiger partial charge on any atom is 0.220 e. The summed E-state index contributed by atoms with van der Waals surface area (Å²) in [4.78, 5) is 14.1. The molecule has 2 rings (SSSR count). The Bertz CT molecular complexity index is 470. The van der Waals surface area contributed by atoms with Crippen LogP contribution in [-0.2, 0) is 4.79 Å². The summed E-state index contributed by atoms with van der Waals surface area (Å²) in [5, 5.41) is 6.29. The van der Waals surface area contributed by atoms with Gasteiger partial charge in [0, 0.05) is 50.2 Å². The fourth-order valence-corrected chi connectivity index (χ4v) is 2.73. The van der Waals surface area contributed by atoms with Crippen LogP contribution in [0.2, 0.25) is 0 Å². The lowest BCUT2D eigenvalue weighted by Gasteiger charge is -2.27. The van der Waals surface area contributed by atoms with Crippen LogP contribution in [0.3, 0.4) is 0 Å². The Morgan fingerprint density at radius 3 is 2.87 bits per heavy atom. The Morgan fingerprint density at radius 1 is 1.35 bits per heavy atom. The molecule has 23 heavy (non-hydrogen) atoms. The summed E-state index contributed by atoms with van der Waals surface area (Å²) in [7, 11) is 0. The highest BCUT2D eigenvalue weighted by atomic mass is 79.9. The number of amides is 1. The topological polar surface area (TPSA) is 53.6 Å². The molecular formula is C16H25BrClN3O2. The summed E-state index contributed by atoms with van der Waals surface area (Å²) >= 11 is 3.40. The second-order valence-electron chi connectivity index (χ2n) is 5.35. The highest BCUT2D eigenvalue weighted by molar-refractivity contribution is 9.10. The number of piperazine rings is 1. The van der Waals surface area contributed by atoms with Gasteiger partial charge in [0.2, 0.25) is 5.91 Å². The van der Waals surface area contributed by atoms with Crippen LogP contribution in [0, 0.1) is 0 Å². The molecule has 0 bridgehead atoms. The molecule has 0 atom stereocenters. The molecule has 0 saturated carbocycles. The van der Waals surface area contributed by atoms with Gasteiger partial charge in [0.15, 0.2) is 0 Å². The van der Waals surface area contributed by atoms with Gasteiger partial charge in [-0.15, -0.1) is 12.4 Å². The third kappa shape index (κ3) is 8.55. The molecule has 0 aromatic heterocycles. The smallest absolute Gasteiger partial charge is 0.220 e. The van der Waals surface area contributed by atoms with E-state index in [-0.39, 0.29) is 18.3 Å². The fourth-order valence-electron chi connectivity index (χ4n) is 2.36. The number of nitrogens with zero attached hydrogens (tertiary/aromatic N) is 1. The van der Waals surface area contributed by atoms with E-state index in [9.17, 15) is 4.79 Å². The Morgan fingerprint density at radius 2 is 2.13 bits per heavy atom. The van der Waals surface area contributed by atoms with Crippen LogP contribution in [0.5, 0.6) is 5.75 Å². The van der Waals surface area contributed by atoms with E-state index in [0.29, 0.717) is 13.0 Å². The lowest BCUT2D eigenvalue weighted by atomic mass is 10.3. The van der Waals surface area contributed by atoms with Crippen LogP contribution >= 0.6 is 28.3 Å². The minimum atomic E-state index is 0. The van der Waals surface area contributed by atoms with E-state index in [1.54, 1.807) is 0 Å². The average molecular weight is 407 g/mol. The average Bonchev–Trinajstić information content (AvgIpc) is 2.53. The Balaban J connectivity index is 0.00000264. The minimum absolute atomic E-state index is 0. The zero-order chi connectivity index (χ0) is 15.6. The molecule has 0 aliphatic carbocycles. The molecule has 7 heteroatoms. The van der Waals surface area contributed by atoms with E-state index < -0.39 is 0 Å². The first kappa shape index (κ1) is 20.2. The van der Waals surface area contributed by atoms with Crippen molar-refractivity contribution in [3.05, 3.63) is 28.7 Å². The van der Waals surface area contributed by atoms with Gasteiger partial charge in [-0.05, 0) is 24.6 Å². The Kier molecular flexibility index (Phi) is 10.3. The number of hydrogen-bond acceptors (Lipinski definition) is 4. The molecule has 1 amide bonds. The summed E-state index contributed by atoms with van der Waals surface area (Å²) in [6.45, 7) is 6.43. The van der Waals surface area contributed by atoms with Crippen LogP contribution in [0.15, 0.2) is 28.7 Å². The number of nitrogens with one attached hydrogen (secondary N) is 2. The molecule has 1 saturated heterocycles. The van der Waals surface area contributed by atoms with Crippen molar-refractivity contribution in [2.45, 2.75) is 12.8 Å². The third-order valence-electron chi connectivity index (χ3n) is 3.57. The number of hydrogen-bond donors (Lipinski definition) is 2. The number of rotatable bonds is 8. The molecule has 1 aromatic rings. The van der Waals surface area contributed by atoms with Gasteiger partial charge in [-0.1, -0.05) is 22.0 Å². The third-order valence-corrected chi connectivity index (χ3v) is 4.07. The molecular weight excluding hydrogens is 382 g/mol. The van der Waals surface area contributed by atoms with Crippen molar-refractivity contribution in [2.24, 2.45) is 0 Å². The molecule has 1 fully saturated rings. The van der Waals surface area contributed by atoms with Crippen molar-refractivity contribution in [1.82, 2.24) is 15.5 Å². The first-order valence-electron chi connectivity index (χ1n) is 7.82. The molecule has 130 valence electrons. The summed E-state index contributed by atoms with van der Waals surface area (Å²) in [5.74, 6) is 0.932. The van der Waals surface area contributed by atoms with Crippen molar-refractivity contribution >= 4 is 34.2 Å². The number of halogens is 2. The number of carbonyl (C=O) groups is 1. The van der Waals surface area contributed by atoms with Gasteiger partial charge in [0.05, 0.1) is 6.61 Å². The van der Waals surface area contributed by atoms with Crippen molar-refractivity contribution in [3.8, 4) is 5.75 Å². The molecule has 1 aliphatic heterocycles. The van der Waals surface area contributed by atoms with Gasteiger partial charge in [-0.25, -0.2) is 0 Å². The summed E-state index contributed by atoms with van der Waals surface area (Å²) in [6.07, 6.45) is 1.24. The molecule has 0 unspecified atom stereocenters. The van der Waals surface area contributed by atoms with Crippen LogP contribution < -0.4 is 15.4 Å². The standard InChI is InChI=1S/C16H24BrN3O2.ClH/c17-14-3-1-4-15(13-14)22-12-2-5-16(21)19-8-11-20-9-6-18-7-10-20;/h1,3-4,13,18H,2,5-12H2,(H,19,21);1H. The van der Waals surface area contributed by atoms with E-state index in [1.165, 1.54) is 0 Å². The van der Waals surface area contributed by atoms with E-state index in [0.717, 1.165) is 55.9 Å². The summed E-state index contributed by atoms with van der Waals surface area (Å²) in [5.41, 5.74) is 0. The van der Waals surface area contributed by atoms with E-state index >= 15 is 0 Å². The van der Waals surface area contributed by atoms with Crippen LogP contribution in [0.1, 0.15) is 12.8 Å². The maximum absolute atomic E-state index is 11.7. The highest BCUT2D eigenvalue weighted by Gasteiger charge is 2.09. The minimum Gasteiger partial charge on any atom is -0.494 e. The normalized spacial score (nSPS) is 14.8. The molecule has 0 spiro atoms. The molecule has 1 aliphatic rings. The predicted octanol–water partition coefficient (Wildman–Crippen LogP) is 2.05. The number of ether oxygens (including phenoxy) is 1. The zero-order valence-corrected chi connectivity index (χ0v) is 15.6. The van der Waals surface area contributed by atoms with Crippen molar-refractivity contribution in [3.63, 3.8) is 0 Å². The summed E-state index contributed by atoms with van der Waals surface area (Å²) in [6, 6.07) is 7.73. The molecule has 5 nitrogen and oxygen atoms in total. The fraction of sp³-hybridized carbons (Fsp3) is 0.562. The van der Waals surface area contributed by atoms with Crippen molar-refractivity contribution in [2.75, 3.05) is 45.9 Å². The van der Waals surface area contributed by atoms with Crippen LogP contribution in [0.25, 0.3) is 0 Å². The second kappa shape index (κ2) is 11.7. The molecule has 1 heterocycles. The molecule has 1 aromatic carbocycles. The first-order chi connectivity index (χ1) is 10.7. The van der Waals surface area contributed by atoms with Crippen molar-refractivity contribution in [1.29, 1.82) is 0 Å². The highest BCUT2D eigenvalue weighted by Crippen LogP contribution is 2.17. The predicted molar refractivity (Wildman–Crippen MR) is 98.4 cm³/mol. The van der Waals surface area contributed by atoms with Crippen molar-refractivity contribution < 1.29 is 9.53 Å². The molecule has 0 radical (unpaired) electrons. The Hall–Kier alpha value is -0.820. The van der Waals surface area contributed by atoms with E-state index in [2.05, 4.69) is 31.5 Å². The first-order valence-corrected chi connectivity index (χ1v) is 8.61. The maximum atomic E-state index is 11.7.